The first kappa shape index (κ1) is 28.1. The molecule has 1 saturated heterocycles. The van der Waals surface area contributed by atoms with E-state index in [1.807, 2.05) is 37.3 Å². The molecule has 2 aromatic carbocycles. The van der Waals surface area contributed by atoms with Crippen LogP contribution in [0.3, 0.4) is 0 Å². The van der Waals surface area contributed by atoms with Crippen LogP contribution in [0.15, 0.2) is 78.1 Å². The molecule has 0 unspecified atom stereocenters. The molecule has 2 heterocycles. The first-order valence-corrected chi connectivity index (χ1v) is 12.7. The first-order chi connectivity index (χ1) is 19.3. The molecule has 4 amide bonds. The van der Waals surface area contributed by atoms with E-state index >= 15 is 0 Å². The van der Waals surface area contributed by atoms with Crippen molar-refractivity contribution in [2.24, 2.45) is 11.1 Å². The molecule has 0 saturated carbocycles. The fraction of sp³-hybridized carbons (Fsp3) is 0.276. The molecule has 1 aromatic heterocycles. The minimum absolute atomic E-state index is 0.0782. The molecule has 3 aromatic rings. The minimum atomic E-state index is -1.17. The second kappa shape index (κ2) is 12.7. The lowest BCUT2D eigenvalue weighted by atomic mass is 9.83. The van der Waals surface area contributed by atoms with Crippen molar-refractivity contribution >= 4 is 30.1 Å². The number of nitrogens with zero attached hydrogens (tertiary/aromatic N) is 4. The molecule has 3 atom stereocenters. The van der Waals surface area contributed by atoms with E-state index in [0.717, 1.165) is 20.9 Å². The van der Waals surface area contributed by atoms with Crippen molar-refractivity contribution in [3.8, 4) is 5.75 Å². The lowest BCUT2D eigenvalue weighted by molar-refractivity contribution is -0.145. The van der Waals surface area contributed by atoms with Crippen LogP contribution in [0.4, 0.5) is 15.4 Å². The highest BCUT2D eigenvalue weighted by Crippen LogP contribution is 2.31. The second-order valence-corrected chi connectivity index (χ2v) is 9.27. The molecule has 208 valence electrons. The van der Waals surface area contributed by atoms with Crippen molar-refractivity contribution in [1.29, 1.82) is 0 Å². The molecule has 0 radical (unpaired) electrons. The summed E-state index contributed by atoms with van der Waals surface area (Å²) in [6, 6.07) is 18.4. The number of β-lactam (4-membered cyclic amide) rings is 1. The van der Waals surface area contributed by atoms with E-state index in [-0.39, 0.29) is 30.7 Å². The van der Waals surface area contributed by atoms with Gasteiger partial charge in [0.05, 0.1) is 37.9 Å². The van der Waals surface area contributed by atoms with Gasteiger partial charge in [0.2, 0.25) is 5.91 Å². The number of rotatable bonds is 10. The summed E-state index contributed by atoms with van der Waals surface area (Å²) in [5, 5.41) is 16.5. The summed E-state index contributed by atoms with van der Waals surface area (Å²) < 4.78 is 5.16. The standard InChI is InChI=1S/C29H31N5O6/c1-19(22-7-5-4-6-8-22)32-28(36)34-25(17-31-40-3)24(27(34)35)15-21-13-14-30-26(16-21)33(29(37)38)18-20-9-11-23(39-2)12-10-20/h4-14,16-17,19,24-25H,15,18H2,1-3H3,(H,32,36)(H,37,38)/t19-,24-,25-/m1/s1. The predicted octanol–water partition coefficient (Wildman–Crippen LogP) is 4.25. The van der Waals surface area contributed by atoms with Gasteiger partial charge in [0, 0.05) is 6.20 Å². The van der Waals surface area contributed by atoms with Crippen LogP contribution in [0.2, 0.25) is 0 Å². The highest BCUT2D eigenvalue weighted by molar-refractivity contribution is 6.06. The first-order valence-electron chi connectivity index (χ1n) is 12.7. The van der Waals surface area contributed by atoms with E-state index < -0.39 is 24.1 Å². The van der Waals surface area contributed by atoms with Crippen molar-refractivity contribution in [1.82, 2.24) is 15.2 Å². The normalized spacial score (nSPS) is 17.2. The summed E-state index contributed by atoms with van der Waals surface area (Å²) in [7, 11) is 2.94. The number of pyridine rings is 1. The molecule has 0 bridgehead atoms. The van der Waals surface area contributed by atoms with Gasteiger partial charge in [-0.15, -0.1) is 0 Å². The maximum absolute atomic E-state index is 13.2. The number of nitrogens with one attached hydrogen (secondary N) is 1. The van der Waals surface area contributed by atoms with E-state index in [1.165, 1.54) is 19.5 Å². The Morgan fingerprint density at radius 3 is 2.50 bits per heavy atom. The number of carbonyl (C=O) groups is 3. The third-order valence-electron chi connectivity index (χ3n) is 6.72. The molecule has 11 heteroatoms. The van der Waals surface area contributed by atoms with Crippen molar-refractivity contribution in [2.45, 2.75) is 32.0 Å². The Hall–Kier alpha value is -4.93. The number of carboxylic acid groups (broad SMARTS) is 1. The number of benzene rings is 2. The van der Waals surface area contributed by atoms with Crippen LogP contribution in [-0.2, 0) is 22.6 Å². The van der Waals surface area contributed by atoms with Gasteiger partial charge in [0.25, 0.3) is 0 Å². The zero-order valence-electron chi connectivity index (χ0n) is 22.4. The topological polar surface area (TPSA) is 134 Å². The monoisotopic (exact) mass is 545 g/mol. The van der Waals surface area contributed by atoms with E-state index in [4.69, 9.17) is 9.57 Å². The third kappa shape index (κ3) is 6.37. The molecule has 1 aliphatic heterocycles. The molecule has 0 spiro atoms. The number of likely N-dealkylation sites (tertiary alicyclic amines) is 1. The third-order valence-corrected chi connectivity index (χ3v) is 6.72. The summed E-state index contributed by atoms with van der Waals surface area (Å²) in [5.41, 5.74) is 2.36. The number of oxime groups is 1. The van der Waals surface area contributed by atoms with Gasteiger partial charge in [0.15, 0.2) is 0 Å². The molecular weight excluding hydrogens is 514 g/mol. The van der Waals surface area contributed by atoms with Crippen LogP contribution in [0.1, 0.15) is 29.7 Å². The predicted molar refractivity (Wildman–Crippen MR) is 148 cm³/mol. The Morgan fingerprint density at radius 2 is 1.85 bits per heavy atom. The van der Waals surface area contributed by atoms with Gasteiger partial charge in [-0.3, -0.25) is 14.6 Å². The lowest BCUT2D eigenvalue weighted by Crippen LogP contribution is -2.66. The molecule has 11 nitrogen and oxygen atoms in total. The maximum atomic E-state index is 13.2. The number of ether oxygens (including phenoxy) is 1. The number of anilines is 1. The molecule has 0 aliphatic carbocycles. The minimum Gasteiger partial charge on any atom is -0.497 e. The van der Waals surface area contributed by atoms with Gasteiger partial charge < -0.3 is 20.0 Å². The Balaban J connectivity index is 1.48. The number of amides is 4. The van der Waals surface area contributed by atoms with Gasteiger partial charge in [-0.2, -0.15) is 0 Å². The SMILES string of the molecule is CON=C[C@@H]1[C@@H](Cc2ccnc(N(Cc3ccc(OC)cc3)C(=O)O)c2)C(=O)N1C(=O)N[C@H](C)c1ccccc1. The molecule has 2 N–H and O–H groups in total. The second-order valence-electron chi connectivity index (χ2n) is 9.27. The Labute approximate surface area is 232 Å². The summed E-state index contributed by atoms with van der Waals surface area (Å²) in [6.45, 7) is 1.92. The van der Waals surface area contributed by atoms with Crippen LogP contribution in [-0.4, -0.2) is 59.5 Å². The molecule has 40 heavy (non-hydrogen) atoms. The molecular formula is C29H31N5O6. The van der Waals surface area contributed by atoms with Gasteiger partial charge >= 0.3 is 12.1 Å². The van der Waals surface area contributed by atoms with Gasteiger partial charge in [-0.1, -0.05) is 47.6 Å². The number of methoxy groups -OCH3 is 1. The van der Waals surface area contributed by atoms with Crippen molar-refractivity contribution in [3.63, 3.8) is 0 Å². The average Bonchev–Trinajstić information content (AvgIpc) is 2.97. The maximum Gasteiger partial charge on any atom is 0.413 e. The molecule has 4 rings (SSSR count). The number of urea groups is 1. The van der Waals surface area contributed by atoms with E-state index in [9.17, 15) is 19.5 Å². The molecule has 1 aliphatic rings. The largest absolute Gasteiger partial charge is 0.497 e. The van der Waals surface area contributed by atoms with Gasteiger partial charge in [0.1, 0.15) is 18.7 Å². The van der Waals surface area contributed by atoms with Crippen molar-refractivity contribution in [3.05, 3.63) is 89.6 Å². The van der Waals surface area contributed by atoms with E-state index in [1.54, 1.807) is 43.5 Å². The Morgan fingerprint density at radius 1 is 1.12 bits per heavy atom. The van der Waals surface area contributed by atoms with Gasteiger partial charge in [-0.25, -0.2) is 14.6 Å². The highest BCUT2D eigenvalue weighted by Gasteiger charge is 2.50. The van der Waals surface area contributed by atoms with E-state index in [2.05, 4.69) is 15.5 Å². The smallest absolute Gasteiger partial charge is 0.413 e. The number of imide groups is 1. The summed E-state index contributed by atoms with van der Waals surface area (Å²) in [4.78, 5) is 49.6. The van der Waals surface area contributed by atoms with Crippen LogP contribution >= 0.6 is 0 Å². The fourth-order valence-corrected chi connectivity index (χ4v) is 4.54. The zero-order chi connectivity index (χ0) is 28.6. The lowest BCUT2D eigenvalue weighted by Gasteiger charge is -2.43. The number of carbonyl (C=O) groups excluding carboxylic acids is 2. The van der Waals surface area contributed by atoms with E-state index in [0.29, 0.717) is 11.3 Å². The average molecular weight is 546 g/mol. The van der Waals surface area contributed by atoms with Crippen molar-refractivity contribution in [2.75, 3.05) is 19.1 Å². The molecule has 1 fully saturated rings. The Bertz CT molecular complexity index is 1360. The van der Waals surface area contributed by atoms with Crippen LogP contribution in [0.25, 0.3) is 0 Å². The summed E-state index contributed by atoms with van der Waals surface area (Å²) >= 11 is 0. The van der Waals surface area contributed by atoms with Crippen LogP contribution < -0.4 is 15.0 Å². The zero-order valence-corrected chi connectivity index (χ0v) is 22.4. The van der Waals surface area contributed by atoms with Crippen molar-refractivity contribution < 1.29 is 29.1 Å². The number of aromatic nitrogens is 1. The van der Waals surface area contributed by atoms with Gasteiger partial charge in [-0.05, 0) is 54.3 Å². The summed E-state index contributed by atoms with van der Waals surface area (Å²) in [6.07, 6.45) is 2.01. The quantitative estimate of drug-likeness (QED) is 0.221. The number of hydrogen-bond acceptors (Lipinski definition) is 7. The van der Waals surface area contributed by atoms with Crippen LogP contribution in [0.5, 0.6) is 5.75 Å². The Kier molecular flexibility index (Phi) is 8.95. The fourth-order valence-electron chi connectivity index (χ4n) is 4.54. The summed E-state index contributed by atoms with van der Waals surface area (Å²) in [5.74, 6) is -0.0653. The van der Waals surface area contributed by atoms with Crippen LogP contribution in [0, 0.1) is 5.92 Å². The highest BCUT2D eigenvalue weighted by atomic mass is 16.6. The number of hydrogen-bond donors (Lipinski definition) is 2.